The van der Waals surface area contributed by atoms with E-state index in [0.29, 0.717) is 25.2 Å². The summed E-state index contributed by atoms with van der Waals surface area (Å²) in [5.41, 5.74) is -0.966. The fourth-order valence-corrected chi connectivity index (χ4v) is 2.72. The van der Waals surface area contributed by atoms with Gasteiger partial charge in [0.2, 0.25) is 5.91 Å². The Morgan fingerprint density at radius 3 is 2.11 bits per heavy atom. The van der Waals surface area contributed by atoms with Gasteiger partial charge in [-0.1, -0.05) is 40.0 Å². The Hall–Kier alpha value is -1.06. The molecule has 0 heterocycles. The minimum absolute atomic E-state index is 0.0366. The van der Waals surface area contributed by atoms with Crippen molar-refractivity contribution >= 4 is 11.9 Å². The van der Waals surface area contributed by atoms with E-state index in [9.17, 15) is 14.7 Å². The van der Waals surface area contributed by atoms with Crippen LogP contribution in [0.25, 0.3) is 0 Å². The summed E-state index contributed by atoms with van der Waals surface area (Å²) in [5, 5.41) is 9.56. The largest absolute Gasteiger partial charge is 0.479 e. The van der Waals surface area contributed by atoms with Crippen LogP contribution in [0.5, 0.6) is 0 Å². The number of likely N-dealkylation sites (N-methyl/N-ethyl adjacent to an activating group) is 1. The predicted molar refractivity (Wildman–Crippen MR) is 74.8 cm³/mol. The van der Waals surface area contributed by atoms with E-state index in [0.717, 1.165) is 19.3 Å². The van der Waals surface area contributed by atoms with Crippen LogP contribution in [0.2, 0.25) is 0 Å². The number of amides is 1. The topological polar surface area (TPSA) is 57.6 Å². The van der Waals surface area contributed by atoms with Gasteiger partial charge in [-0.25, -0.2) is 4.79 Å². The third kappa shape index (κ3) is 3.48. The lowest BCUT2D eigenvalue weighted by molar-refractivity contribution is -0.160. The summed E-state index contributed by atoms with van der Waals surface area (Å²) in [5.74, 6) is -0.167. The fourth-order valence-electron chi connectivity index (χ4n) is 2.72. The number of carbonyl (C=O) groups is 2. The van der Waals surface area contributed by atoms with E-state index >= 15 is 0 Å². The van der Waals surface area contributed by atoms with Gasteiger partial charge in [-0.15, -0.1) is 0 Å². The summed E-state index contributed by atoms with van der Waals surface area (Å²) in [6.45, 7) is 6.22. The molecule has 1 N–H and O–H groups in total. The van der Waals surface area contributed by atoms with Gasteiger partial charge in [0.1, 0.15) is 5.54 Å². The van der Waals surface area contributed by atoms with Crippen LogP contribution in [0.15, 0.2) is 0 Å². The zero-order valence-corrected chi connectivity index (χ0v) is 12.6. The van der Waals surface area contributed by atoms with Crippen molar-refractivity contribution in [1.82, 2.24) is 4.90 Å². The van der Waals surface area contributed by atoms with Crippen molar-refractivity contribution in [3.63, 3.8) is 0 Å². The summed E-state index contributed by atoms with van der Waals surface area (Å²) >= 11 is 0. The molecule has 19 heavy (non-hydrogen) atoms. The van der Waals surface area contributed by atoms with E-state index in [2.05, 4.69) is 13.8 Å². The summed E-state index contributed by atoms with van der Waals surface area (Å²) in [7, 11) is 1.66. The summed E-state index contributed by atoms with van der Waals surface area (Å²) in [6.07, 6.45) is 4.46. The highest BCUT2D eigenvalue weighted by atomic mass is 16.4. The number of rotatable bonds is 5. The van der Waals surface area contributed by atoms with Crippen LogP contribution >= 0.6 is 0 Å². The average molecular weight is 269 g/mol. The van der Waals surface area contributed by atoms with Gasteiger partial charge in [0.05, 0.1) is 0 Å². The first kappa shape index (κ1) is 16.0. The normalized spacial score (nSPS) is 20.1. The maximum absolute atomic E-state index is 12.3. The van der Waals surface area contributed by atoms with E-state index in [1.807, 2.05) is 6.92 Å². The molecule has 1 atom stereocenters. The first-order valence-corrected chi connectivity index (χ1v) is 7.31. The molecule has 0 aliphatic heterocycles. The van der Waals surface area contributed by atoms with Crippen LogP contribution in [0, 0.1) is 11.8 Å². The number of nitrogens with zero attached hydrogens (tertiary/aromatic N) is 1. The van der Waals surface area contributed by atoms with Crippen LogP contribution in [-0.2, 0) is 9.59 Å². The Labute approximate surface area is 116 Å². The van der Waals surface area contributed by atoms with Gasteiger partial charge in [-0.3, -0.25) is 4.79 Å². The lowest BCUT2D eigenvalue weighted by atomic mass is 9.80. The molecule has 0 saturated heterocycles. The lowest BCUT2D eigenvalue weighted by Crippen LogP contribution is -2.56. The molecule has 1 unspecified atom stereocenters. The van der Waals surface area contributed by atoms with Gasteiger partial charge in [0, 0.05) is 13.5 Å². The van der Waals surface area contributed by atoms with Crippen LogP contribution in [-0.4, -0.2) is 34.5 Å². The number of hydrogen-bond acceptors (Lipinski definition) is 2. The zero-order valence-electron chi connectivity index (χ0n) is 12.6. The first-order chi connectivity index (χ1) is 8.81. The van der Waals surface area contributed by atoms with E-state index < -0.39 is 11.5 Å². The zero-order chi connectivity index (χ0) is 14.6. The van der Waals surface area contributed by atoms with E-state index in [-0.39, 0.29) is 11.8 Å². The second kappa shape index (κ2) is 6.40. The van der Waals surface area contributed by atoms with Gasteiger partial charge >= 0.3 is 5.97 Å². The molecule has 1 saturated carbocycles. The quantitative estimate of drug-likeness (QED) is 0.835. The van der Waals surface area contributed by atoms with Crippen LogP contribution < -0.4 is 0 Å². The fraction of sp³-hybridized carbons (Fsp3) is 0.867. The number of hydrogen-bond donors (Lipinski definition) is 1. The summed E-state index contributed by atoms with van der Waals surface area (Å²) < 4.78 is 0. The van der Waals surface area contributed by atoms with Gasteiger partial charge in [-0.05, 0) is 24.7 Å². The third-order valence-corrected chi connectivity index (χ3v) is 4.73. The maximum Gasteiger partial charge on any atom is 0.329 e. The molecule has 0 aromatic carbocycles. The van der Waals surface area contributed by atoms with E-state index in [4.69, 9.17) is 0 Å². The molecule has 0 radical (unpaired) electrons. The van der Waals surface area contributed by atoms with Crippen molar-refractivity contribution in [3.05, 3.63) is 0 Å². The lowest BCUT2D eigenvalue weighted by Gasteiger charge is -2.41. The molecule has 0 spiro atoms. The molecular weight excluding hydrogens is 242 g/mol. The standard InChI is InChI=1S/C15H27NO3/c1-11(2)12(3)10-13(17)16(4)15(14(18)19)8-6-5-7-9-15/h11-12H,5-10H2,1-4H3,(H,18,19). The molecule has 1 aliphatic carbocycles. The SMILES string of the molecule is CC(C)C(C)CC(=O)N(C)C1(C(=O)O)CCCCC1. The van der Waals surface area contributed by atoms with Crippen LogP contribution in [0.3, 0.4) is 0 Å². The first-order valence-electron chi connectivity index (χ1n) is 7.31. The second-order valence-electron chi connectivity index (χ2n) is 6.28. The predicted octanol–water partition coefficient (Wildman–Crippen LogP) is 2.91. The number of carboxylic acids is 1. The Balaban J connectivity index is 2.79. The molecular formula is C15H27NO3. The summed E-state index contributed by atoms with van der Waals surface area (Å²) in [4.78, 5) is 25.5. The number of aliphatic carboxylic acids is 1. The second-order valence-corrected chi connectivity index (χ2v) is 6.28. The van der Waals surface area contributed by atoms with Crippen molar-refractivity contribution in [2.45, 2.75) is 64.8 Å². The molecule has 1 aliphatic rings. The Kier molecular flexibility index (Phi) is 5.39. The maximum atomic E-state index is 12.3. The average Bonchev–Trinajstić information content (AvgIpc) is 2.38. The van der Waals surface area contributed by atoms with Crippen LogP contribution in [0.1, 0.15) is 59.3 Å². The highest BCUT2D eigenvalue weighted by Crippen LogP contribution is 2.34. The molecule has 110 valence electrons. The van der Waals surface area contributed by atoms with Gasteiger partial charge in [0.15, 0.2) is 0 Å². The molecule has 0 bridgehead atoms. The molecule has 1 rings (SSSR count). The van der Waals surface area contributed by atoms with Crippen molar-refractivity contribution in [3.8, 4) is 0 Å². The Morgan fingerprint density at radius 1 is 1.16 bits per heavy atom. The van der Waals surface area contributed by atoms with Gasteiger partial charge in [0.25, 0.3) is 0 Å². The van der Waals surface area contributed by atoms with Gasteiger partial charge in [-0.2, -0.15) is 0 Å². The van der Waals surface area contributed by atoms with E-state index in [1.54, 1.807) is 7.05 Å². The highest BCUT2D eigenvalue weighted by molar-refractivity contribution is 5.87. The van der Waals surface area contributed by atoms with Crippen LogP contribution in [0.4, 0.5) is 0 Å². The Morgan fingerprint density at radius 2 is 1.68 bits per heavy atom. The molecule has 1 amide bonds. The Bertz CT molecular complexity index is 332. The third-order valence-electron chi connectivity index (χ3n) is 4.73. The van der Waals surface area contributed by atoms with Gasteiger partial charge < -0.3 is 10.0 Å². The minimum atomic E-state index is -0.966. The highest BCUT2D eigenvalue weighted by Gasteiger charge is 2.45. The molecule has 4 heteroatoms. The monoisotopic (exact) mass is 269 g/mol. The molecule has 0 aromatic heterocycles. The van der Waals surface area contributed by atoms with Crippen molar-refractivity contribution in [2.24, 2.45) is 11.8 Å². The minimum Gasteiger partial charge on any atom is -0.479 e. The van der Waals surface area contributed by atoms with Crippen molar-refractivity contribution in [1.29, 1.82) is 0 Å². The number of carbonyl (C=O) groups excluding carboxylic acids is 1. The van der Waals surface area contributed by atoms with E-state index in [1.165, 1.54) is 4.90 Å². The molecule has 1 fully saturated rings. The van der Waals surface area contributed by atoms with Crippen molar-refractivity contribution < 1.29 is 14.7 Å². The number of carboxylic acid groups (broad SMARTS) is 1. The molecule has 0 aromatic rings. The van der Waals surface area contributed by atoms with Crippen molar-refractivity contribution in [2.75, 3.05) is 7.05 Å². The molecule has 4 nitrogen and oxygen atoms in total. The smallest absolute Gasteiger partial charge is 0.329 e. The summed E-state index contributed by atoms with van der Waals surface area (Å²) in [6, 6.07) is 0.